The number of hydrogen-bond donors (Lipinski definition) is 2. The SMILES string of the molecule is CC(C)(C)c1c(C(=O)O)c(O)cc2ccccc12. The van der Waals surface area contributed by atoms with Crippen molar-refractivity contribution >= 4 is 16.7 Å². The number of carboxylic acid groups (broad SMARTS) is 1. The van der Waals surface area contributed by atoms with Gasteiger partial charge in [-0.25, -0.2) is 4.79 Å². The Morgan fingerprint density at radius 3 is 2.33 bits per heavy atom. The van der Waals surface area contributed by atoms with Crippen LogP contribution in [0.4, 0.5) is 0 Å². The van der Waals surface area contributed by atoms with E-state index in [9.17, 15) is 15.0 Å². The molecule has 0 aliphatic carbocycles. The van der Waals surface area contributed by atoms with Crippen LogP contribution >= 0.6 is 0 Å². The third-order valence-corrected chi connectivity index (χ3v) is 2.99. The molecule has 0 saturated carbocycles. The summed E-state index contributed by atoms with van der Waals surface area (Å²) >= 11 is 0. The summed E-state index contributed by atoms with van der Waals surface area (Å²) in [5.41, 5.74) is 0.318. The fourth-order valence-corrected chi connectivity index (χ4v) is 2.33. The second-order valence-corrected chi connectivity index (χ2v) is 5.42. The van der Waals surface area contributed by atoms with Gasteiger partial charge >= 0.3 is 5.97 Å². The first-order chi connectivity index (χ1) is 8.32. The highest BCUT2D eigenvalue weighted by Crippen LogP contribution is 2.37. The fraction of sp³-hybridized carbons (Fsp3) is 0.267. The molecule has 94 valence electrons. The van der Waals surface area contributed by atoms with Crippen LogP contribution in [0.3, 0.4) is 0 Å². The van der Waals surface area contributed by atoms with E-state index in [4.69, 9.17) is 0 Å². The molecule has 18 heavy (non-hydrogen) atoms. The van der Waals surface area contributed by atoms with Crippen molar-refractivity contribution in [1.29, 1.82) is 0 Å². The van der Waals surface area contributed by atoms with Crippen LogP contribution in [0, 0.1) is 0 Å². The number of benzene rings is 2. The maximum absolute atomic E-state index is 11.4. The number of aromatic hydroxyl groups is 1. The van der Waals surface area contributed by atoms with Crippen LogP contribution < -0.4 is 0 Å². The molecule has 0 spiro atoms. The zero-order valence-corrected chi connectivity index (χ0v) is 10.7. The van der Waals surface area contributed by atoms with Gasteiger partial charge < -0.3 is 10.2 Å². The van der Waals surface area contributed by atoms with Crippen LogP contribution in [0.1, 0.15) is 36.7 Å². The lowest BCUT2D eigenvalue weighted by Gasteiger charge is -2.24. The van der Waals surface area contributed by atoms with Crippen molar-refractivity contribution in [3.8, 4) is 5.75 Å². The molecule has 0 fully saturated rings. The zero-order chi connectivity index (χ0) is 13.5. The van der Waals surface area contributed by atoms with Crippen LogP contribution in [0.5, 0.6) is 5.75 Å². The number of carboxylic acids is 1. The number of hydrogen-bond acceptors (Lipinski definition) is 2. The number of fused-ring (bicyclic) bond motifs is 1. The lowest BCUT2D eigenvalue weighted by Crippen LogP contribution is -2.17. The van der Waals surface area contributed by atoms with Gasteiger partial charge in [-0.15, -0.1) is 0 Å². The average molecular weight is 244 g/mol. The van der Waals surface area contributed by atoms with E-state index in [2.05, 4.69) is 0 Å². The summed E-state index contributed by atoms with van der Waals surface area (Å²) in [7, 11) is 0. The molecule has 2 rings (SSSR count). The first-order valence-corrected chi connectivity index (χ1v) is 5.81. The van der Waals surface area contributed by atoms with E-state index in [0.29, 0.717) is 5.56 Å². The molecule has 3 heteroatoms. The van der Waals surface area contributed by atoms with Crippen LogP contribution in [0.2, 0.25) is 0 Å². The molecule has 3 nitrogen and oxygen atoms in total. The summed E-state index contributed by atoms with van der Waals surface area (Å²) in [4.78, 5) is 11.4. The number of carbonyl (C=O) groups is 1. The molecule has 0 aliphatic heterocycles. The topological polar surface area (TPSA) is 57.5 Å². The van der Waals surface area contributed by atoms with Gasteiger partial charge in [0, 0.05) is 0 Å². The molecule has 0 amide bonds. The molecule has 0 heterocycles. The summed E-state index contributed by atoms with van der Waals surface area (Å²) in [6.07, 6.45) is 0. The molecule has 0 aliphatic rings. The van der Waals surface area contributed by atoms with Gasteiger partial charge in [0.15, 0.2) is 0 Å². The highest BCUT2D eigenvalue weighted by atomic mass is 16.4. The van der Waals surface area contributed by atoms with Crippen molar-refractivity contribution < 1.29 is 15.0 Å². The molecule has 0 unspecified atom stereocenters. The minimum Gasteiger partial charge on any atom is -0.507 e. The highest BCUT2D eigenvalue weighted by Gasteiger charge is 2.27. The zero-order valence-electron chi connectivity index (χ0n) is 10.7. The Morgan fingerprint density at radius 1 is 1.17 bits per heavy atom. The van der Waals surface area contributed by atoms with Crippen LogP contribution in [0.15, 0.2) is 30.3 Å². The van der Waals surface area contributed by atoms with E-state index < -0.39 is 5.97 Å². The van der Waals surface area contributed by atoms with Crippen molar-refractivity contribution in [2.24, 2.45) is 0 Å². The third kappa shape index (κ3) is 1.92. The molecule has 2 aromatic rings. The first-order valence-electron chi connectivity index (χ1n) is 5.81. The normalized spacial score (nSPS) is 11.7. The predicted octanol–water partition coefficient (Wildman–Crippen LogP) is 3.54. The molecule has 0 bridgehead atoms. The first kappa shape index (κ1) is 12.4. The van der Waals surface area contributed by atoms with E-state index >= 15 is 0 Å². The Labute approximate surface area is 106 Å². The third-order valence-electron chi connectivity index (χ3n) is 2.99. The smallest absolute Gasteiger partial charge is 0.339 e. The molecular weight excluding hydrogens is 228 g/mol. The second-order valence-electron chi connectivity index (χ2n) is 5.42. The van der Waals surface area contributed by atoms with Gasteiger partial charge in [-0.3, -0.25) is 0 Å². The summed E-state index contributed by atoms with van der Waals surface area (Å²) in [5.74, 6) is -1.27. The number of rotatable bonds is 1. The van der Waals surface area contributed by atoms with E-state index in [1.807, 2.05) is 45.0 Å². The highest BCUT2D eigenvalue weighted by molar-refractivity contribution is 6.01. The maximum Gasteiger partial charge on any atom is 0.339 e. The molecule has 0 aromatic heterocycles. The molecule has 0 saturated heterocycles. The quantitative estimate of drug-likeness (QED) is 0.806. The van der Waals surface area contributed by atoms with Crippen molar-refractivity contribution in [3.63, 3.8) is 0 Å². The predicted molar refractivity (Wildman–Crippen MR) is 71.3 cm³/mol. The fourth-order valence-electron chi connectivity index (χ4n) is 2.33. The Kier molecular flexibility index (Phi) is 2.77. The summed E-state index contributed by atoms with van der Waals surface area (Å²) in [6.45, 7) is 5.84. The Hall–Kier alpha value is -2.03. The van der Waals surface area contributed by atoms with Crippen molar-refractivity contribution in [2.45, 2.75) is 26.2 Å². The minimum absolute atomic E-state index is 0.00111. The van der Waals surface area contributed by atoms with Crippen LogP contribution in [0.25, 0.3) is 10.8 Å². The Bertz CT molecular complexity index is 621. The summed E-state index contributed by atoms with van der Waals surface area (Å²) in [6, 6.07) is 9.01. The van der Waals surface area contributed by atoms with E-state index in [-0.39, 0.29) is 16.7 Å². The standard InChI is InChI=1S/C15H16O3/c1-15(2,3)13-10-7-5-4-6-9(10)8-11(16)12(13)14(17)18/h4-8,16H,1-3H3,(H,17,18). The summed E-state index contributed by atoms with van der Waals surface area (Å²) < 4.78 is 0. The lowest BCUT2D eigenvalue weighted by atomic mass is 9.80. The molecule has 0 atom stereocenters. The Balaban J connectivity index is 2.99. The van der Waals surface area contributed by atoms with Gasteiger partial charge in [0.25, 0.3) is 0 Å². The van der Waals surface area contributed by atoms with Crippen molar-refractivity contribution in [1.82, 2.24) is 0 Å². The van der Waals surface area contributed by atoms with Gasteiger partial charge in [-0.05, 0) is 27.8 Å². The summed E-state index contributed by atoms with van der Waals surface area (Å²) in [5, 5.41) is 21.0. The van der Waals surface area contributed by atoms with Crippen molar-refractivity contribution in [2.75, 3.05) is 0 Å². The van der Waals surface area contributed by atoms with E-state index in [1.54, 1.807) is 0 Å². The van der Waals surface area contributed by atoms with Gasteiger partial charge in [0.2, 0.25) is 0 Å². The number of phenols is 1. The van der Waals surface area contributed by atoms with E-state index in [1.165, 1.54) is 6.07 Å². The molecule has 2 N–H and O–H groups in total. The maximum atomic E-state index is 11.4. The van der Waals surface area contributed by atoms with Gasteiger partial charge in [0.05, 0.1) is 0 Å². The molecular formula is C15H16O3. The van der Waals surface area contributed by atoms with E-state index in [0.717, 1.165) is 10.8 Å². The van der Waals surface area contributed by atoms with Gasteiger partial charge in [-0.2, -0.15) is 0 Å². The van der Waals surface area contributed by atoms with Crippen LogP contribution in [-0.2, 0) is 5.41 Å². The van der Waals surface area contributed by atoms with Crippen LogP contribution in [-0.4, -0.2) is 16.2 Å². The van der Waals surface area contributed by atoms with Crippen molar-refractivity contribution in [3.05, 3.63) is 41.5 Å². The van der Waals surface area contributed by atoms with Gasteiger partial charge in [-0.1, -0.05) is 45.0 Å². The lowest BCUT2D eigenvalue weighted by molar-refractivity contribution is 0.0691. The average Bonchev–Trinajstić information content (AvgIpc) is 2.25. The Morgan fingerprint density at radius 2 is 1.78 bits per heavy atom. The molecule has 2 aromatic carbocycles. The number of aromatic carboxylic acids is 1. The van der Waals surface area contributed by atoms with Gasteiger partial charge in [0.1, 0.15) is 11.3 Å². The monoisotopic (exact) mass is 244 g/mol. The second kappa shape index (κ2) is 4.02. The minimum atomic E-state index is -1.09. The molecule has 0 radical (unpaired) electrons. The largest absolute Gasteiger partial charge is 0.507 e.